The molecule has 290 valence electrons. The van der Waals surface area contributed by atoms with E-state index in [9.17, 15) is 0 Å². The molecular formula is C44H92O3Ti. The normalized spacial score (nSPS) is 12.4. The van der Waals surface area contributed by atoms with Crippen LogP contribution in [0, 0.1) is 0 Å². The molecular weight excluding hydrogens is 624 g/mol. The Bertz CT molecular complexity index is 622. The van der Waals surface area contributed by atoms with Crippen LogP contribution in [0.4, 0.5) is 0 Å². The molecule has 0 unspecified atom stereocenters. The topological polar surface area (TPSA) is 35.5 Å². The van der Waals surface area contributed by atoms with Gasteiger partial charge in [-0.2, -0.15) is 0 Å². The first kappa shape index (κ1) is 48.4. The van der Waals surface area contributed by atoms with Crippen molar-refractivity contribution in [1.82, 2.24) is 0 Å². The predicted octanol–water partition coefficient (Wildman–Crippen LogP) is 16.8. The molecule has 0 aliphatic carbocycles. The van der Waals surface area contributed by atoms with Crippen molar-refractivity contribution in [3.63, 3.8) is 0 Å². The van der Waals surface area contributed by atoms with Crippen LogP contribution in [-0.2, 0) is 26.0 Å². The molecule has 48 heavy (non-hydrogen) atoms. The Kier molecular flexibility index (Phi) is 37.5. The molecule has 0 aliphatic rings. The molecule has 0 spiro atoms. The first-order valence-corrected chi connectivity index (χ1v) is 26.8. The van der Waals surface area contributed by atoms with Gasteiger partial charge in [0, 0.05) is 0 Å². The van der Waals surface area contributed by atoms with Gasteiger partial charge in [0.15, 0.2) is 0 Å². The van der Waals surface area contributed by atoms with E-state index in [1.54, 1.807) is 0 Å². The second-order valence-electron chi connectivity index (χ2n) is 15.9. The minimum atomic E-state index is -4.75. The van der Waals surface area contributed by atoms with E-state index in [-0.39, 0.29) is 0 Å². The molecule has 0 atom stereocenters. The Labute approximate surface area is 306 Å². The minimum absolute atomic E-state index is 0.639. The third kappa shape index (κ3) is 32.3. The van der Waals surface area contributed by atoms with E-state index in [0.717, 1.165) is 25.7 Å². The third-order valence-electron chi connectivity index (χ3n) is 10.9. The summed E-state index contributed by atoms with van der Waals surface area (Å²) in [6.07, 6.45) is 46.7. The molecule has 0 heterocycles. The Morgan fingerprint density at radius 1 is 0.271 bits per heavy atom. The van der Waals surface area contributed by atoms with Crippen molar-refractivity contribution in [3.05, 3.63) is 0 Å². The maximum atomic E-state index is 15.3. The van der Waals surface area contributed by atoms with Gasteiger partial charge in [-0.25, -0.2) is 0 Å². The summed E-state index contributed by atoms with van der Waals surface area (Å²) >= 11 is -4.75. The van der Waals surface area contributed by atoms with Gasteiger partial charge in [0.1, 0.15) is 0 Å². The van der Waals surface area contributed by atoms with Gasteiger partial charge in [-0.3, -0.25) is 0 Å². The van der Waals surface area contributed by atoms with Gasteiger partial charge in [-0.1, -0.05) is 26.7 Å². The number of hydrogen-bond acceptors (Lipinski definition) is 3. The zero-order valence-corrected chi connectivity index (χ0v) is 35.6. The fourth-order valence-electron chi connectivity index (χ4n) is 7.43. The average Bonchev–Trinajstić information content (AvgIpc) is 3.09. The summed E-state index contributed by atoms with van der Waals surface area (Å²) in [5, 5.41) is 0. The van der Waals surface area contributed by atoms with Crippen LogP contribution in [0.25, 0.3) is 0 Å². The van der Waals surface area contributed by atoms with E-state index in [0.29, 0.717) is 22.7 Å². The SMILES string of the molecule is CCCCCCCCCCCCC[CH2][Ti](=[O])([CH2]CCCCCCCCCCCCC)([O]CCCCCCCC)[O]CCCCCCCC. The van der Waals surface area contributed by atoms with Gasteiger partial charge in [0.2, 0.25) is 0 Å². The summed E-state index contributed by atoms with van der Waals surface area (Å²) in [6, 6.07) is 0. The first-order chi connectivity index (χ1) is 23.5. The van der Waals surface area contributed by atoms with Crippen LogP contribution < -0.4 is 0 Å². The summed E-state index contributed by atoms with van der Waals surface area (Å²) in [4.78, 5) is 0. The molecule has 0 aliphatic heterocycles. The van der Waals surface area contributed by atoms with Gasteiger partial charge in [0.25, 0.3) is 0 Å². The van der Waals surface area contributed by atoms with E-state index in [4.69, 9.17) is 6.64 Å². The maximum absolute atomic E-state index is 15.3. The van der Waals surface area contributed by atoms with Gasteiger partial charge < -0.3 is 0 Å². The average molecular weight is 717 g/mol. The van der Waals surface area contributed by atoms with Crippen molar-refractivity contribution in [3.8, 4) is 0 Å². The fraction of sp³-hybridized carbons (Fsp3) is 1.00. The molecule has 0 radical (unpaired) electrons. The molecule has 0 saturated heterocycles. The summed E-state index contributed by atoms with van der Waals surface area (Å²) in [5.41, 5.74) is 0. The zero-order valence-electron chi connectivity index (χ0n) is 34.0. The Morgan fingerprint density at radius 2 is 0.458 bits per heavy atom. The predicted molar refractivity (Wildman–Crippen MR) is 211 cm³/mol. The van der Waals surface area contributed by atoms with Crippen molar-refractivity contribution in [2.24, 2.45) is 0 Å². The van der Waals surface area contributed by atoms with E-state index in [1.807, 2.05) is 0 Å². The standard InChI is InChI=1S/2C14H29.2C8H17O.O.Ti/c2*1-3-5-7-9-11-13-14-12-10-8-6-4-2;2*1-2-3-4-5-6-7-8-9;;/h2*1,3-14H2,2H3;2*2-8H2,1H3;;/q;;2*-1;;+2. The van der Waals surface area contributed by atoms with E-state index < -0.39 is 16.1 Å². The van der Waals surface area contributed by atoms with E-state index in [2.05, 4.69) is 27.7 Å². The summed E-state index contributed by atoms with van der Waals surface area (Å²) in [6.45, 7) is 10.4. The molecule has 0 saturated carbocycles. The van der Waals surface area contributed by atoms with Gasteiger partial charge >= 0.3 is 281 Å². The van der Waals surface area contributed by atoms with Crippen LogP contribution >= 0.6 is 0 Å². The summed E-state index contributed by atoms with van der Waals surface area (Å²) in [5.74, 6) is 0. The fourth-order valence-corrected chi connectivity index (χ4v) is 13.6. The Balaban J connectivity index is 4.93. The molecule has 0 N–H and O–H groups in total. The van der Waals surface area contributed by atoms with Crippen LogP contribution in [0.5, 0.6) is 0 Å². The zero-order chi connectivity index (χ0) is 35.1. The van der Waals surface area contributed by atoms with Crippen molar-refractivity contribution in [2.75, 3.05) is 13.2 Å². The summed E-state index contributed by atoms with van der Waals surface area (Å²) in [7, 11) is 0. The second kappa shape index (κ2) is 37.2. The van der Waals surface area contributed by atoms with Gasteiger partial charge in [-0.05, 0) is 0 Å². The van der Waals surface area contributed by atoms with E-state index in [1.165, 1.54) is 205 Å². The van der Waals surface area contributed by atoms with Crippen LogP contribution in [-0.4, -0.2) is 13.2 Å². The molecule has 0 aromatic heterocycles. The number of rotatable bonds is 42. The van der Waals surface area contributed by atoms with E-state index >= 15 is 3.32 Å². The molecule has 0 bridgehead atoms. The molecule has 0 amide bonds. The van der Waals surface area contributed by atoms with Crippen LogP contribution in [0.15, 0.2) is 0 Å². The molecule has 0 fully saturated rings. The van der Waals surface area contributed by atoms with Crippen LogP contribution in [0.2, 0.25) is 9.45 Å². The summed E-state index contributed by atoms with van der Waals surface area (Å²) < 4.78 is 30.0. The van der Waals surface area contributed by atoms with Gasteiger partial charge in [0.05, 0.1) is 0 Å². The second-order valence-corrected chi connectivity index (χ2v) is 22.6. The quantitative estimate of drug-likeness (QED) is 0.0466. The van der Waals surface area contributed by atoms with Crippen LogP contribution in [0.3, 0.4) is 0 Å². The van der Waals surface area contributed by atoms with Crippen molar-refractivity contribution in [1.29, 1.82) is 0 Å². The van der Waals surface area contributed by atoms with Crippen molar-refractivity contribution in [2.45, 2.75) is 268 Å². The molecule has 0 aromatic carbocycles. The Morgan fingerprint density at radius 3 is 0.688 bits per heavy atom. The van der Waals surface area contributed by atoms with Crippen molar-refractivity contribution < 1.29 is 26.0 Å². The number of hydrogen-bond donors (Lipinski definition) is 0. The molecule has 0 rings (SSSR count). The Hall–Kier alpha value is 0.434. The molecule has 3 nitrogen and oxygen atoms in total. The van der Waals surface area contributed by atoms with Crippen molar-refractivity contribution >= 4 is 0 Å². The first-order valence-electron chi connectivity index (χ1n) is 22.7. The molecule has 0 aromatic rings. The molecule has 4 heteroatoms. The third-order valence-corrected chi connectivity index (χ3v) is 17.6. The monoisotopic (exact) mass is 717 g/mol. The van der Waals surface area contributed by atoms with Crippen LogP contribution in [0.1, 0.15) is 259 Å². The van der Waals surface area contributed by atoms with Gasteiger partial charge in [-0.15, -0.1) is 0 Å². The number of unbranched alkanes of at least 4 members (excludes halogenated alkanes) is 32.